The third kappa shape index (κ3) is 1.73. The second-order valence-corrected chi connectivity index (χ2v) is 2.54. The second-order valence-electron chi connectivity index (χ2n) is 2.54. The molecular formula is C7H10O7. The van der Waals surface area contributed by atoms with Gasteiger partial charge in [-0.25, -0.2) is 9.59 Å². The van der Waals surface area contributed by atoms with Gasteiger partial charge >= 0.3 is 11.9 Å². The predicted octanol–water partition coefficient (Wildman–Crippen LogP) is -1.51. The van der Waals surface area contributed by atoms with E-state index in [2.05, 4.69) is 4.74 Å². The number of rotatable bonds is 5. The van der Waals surface area contributed by atoms with Gasteiger partial charge in [-0.15, -0.1) is 0 Å². The lowest BCUT2D eigenvalue weighted by Crippen LogP contribution is -2.59. The van der Waals surface area contributed by atoms with Crippen LogP contribution in [0.15, 0.2) is 0 Å². The summed E-state index contributed by atoms with van der Waals surface area (Å²) in [4.78, 5) is 32.0. The summed E-state index contributed by atoms with van der Waals surface area (Å²) >= 11 is 0. The summed E-state index contributed by atoms with van der Waals surface area (Å²) in [6.45, 7) is 0.823. The van der Waals surface area contributed by atoms with Gasteiger partial charge in [0.2, 0.25) is 0 Å². The molecule has 0 heterocycles. The highest BCUT2D eigenvalue weighted by atomic mass is 16.5. The number of aliphatic hydroxyl groups excluding tert-OH is 1. The van der Waals surface area contributed by atoms with Gasteiger partial charge in [0.1, 0.15) is 0 Å². The van der Waals surface area contributed by atoms with Gasteiger partial charge in [0.05, 0.1) is 0 Å². The first kappa shape index (κ1) is 12.5. The Labute approximate surface area is 78.9 Å². The lowest BCUT2D eigenvalue weighted by molar-refractivity contribution is -0.190. The Morgan fingerprint density at radius 2 is 1.71 bits per heavy atom. The van der Waals surface area contributed by atoms with E-state index in [9.17, 15) is 14.4 Å². The monoisotopic (exact) mass is 206 g/mol. The molecule has 0 amide bonds. The van der Waals surface area contributed by atoms with Crippen molar-refractivity contribution in [3.05, 3.63) is 0 Å². The number of hydrogen-bond donors (Lipinski definition) is 3. The van der Waals surface area contributed by atoms with Gasteiger partial charge in [-0.1, -0.05) is 0 Å². The number of methoxy groups -OCH3 is 1. The summed E-state index contributed by atoms with van der Waals surface area (Å²) in [5.41, 5.74) is -2.74. The minimum atomic E-state index is -2.74. The highest BCUT2D eigenvalue weighted by Crippen LogP contribution is 2.18. The van der Waals surface area contributed by atoms with Crippen molar-refractivity contribution in [2.45, 2.75) is 18.6 Å². The lowest BCUT2D eigenvalue weighted by atomic mass is 9.92. The molecule has 0 saturated heterocycles. The first-order valence-electron chi connectivity index (χ1n) is 3.51. The molecule has 3 N–H and O–H groups in total. The van der Waals surface area contributed by atoms with Gasteiger partial charge in [-0.2, -0.15) is 0 Å². The van der Waals surface area contributed by atoms with Crippen LogP contribution in [0.1, 0.15) is 6.92 Å². The highest BCUT2D eigenvalue weighted by Gasteiger charge is 2.54. The maximum absolute atomic E-state index is 11.0. The van der Waals surface area contributed by atoms with Gasteiger partial charge < -0.3 is 20.1 Å². The molecule has 0 fully saturated rings. The number of ketones is 1. The van der Waals surface area contributed by atoms with Crippen molar-refractivity contribution in [3.8, 4) is 0 Å². The van der Waals surface area contributed by atoms with Crippen LogP contribution >= 0.6 is 0 Å². The van der Waals surface area contributed by atoms with Crippen LogP contribution in [0, 0.1) is 0 Å². The average molecular weight is 206 g/mol. The lowest BCUT2D eigenvalue weighted by Gasteiger charge is -2.27. The fourth-order valence-electron chi connectivity index (χ4n) is 0.977. The smallest absolute Gasteiger partial charge is 0.347 e. The van der Waals surface area contributed by atoms with E-state index in [1.807, 2.05) is 0 Å². The molecule has 7 nitrogen and oxygen atoms in total. The van der Waals surface area contributed by atoms with Crippen LogP contribution in [0.5, 0.6) is 0 Å². The molecule has 0 aliphatic heterocycles. The van der Waals surface area contributed by atoms with E-state index in [1.54, 1.807) is 0 Å². The van der Waals surface area contributed by atoms with Crippen molar-refractivity contribution >= 4 is 17.7 Å². The predicted molar refractivity (Wildman–Crippen MR) is 41.7 cm³/mol. The quantitative estimate of drug-likeness (QED) is 0.467. The van der Waals surface area contributed by atoms with Crippen LogP contribution in [-0.2, 0) is 19.1 Å². The number of hydrogen-bond acceptors (Lipinski definition) is 5. The van der Waals surface area contributed by atoms with Crippen LogP contribution < -0.4 is 0 Å². The highest BCUT2D eigenvalue weighted by molar-refractivity contribution is 6.09. The van der Waals surface area contributed by atoms with Gasteiger partial charge in [-0.3, -0.25) is 4.79 Å². The SMILES string of the molecule is COC(C(C)=O)(C(=O)O)C(O)C(=O)O. The van der Waals surface area contributed by atoms with E-state index in [1.165, 1.54) is 0 Å². The third-order valence-corrected chi connectivity index (χ3v) is 1.78. The van der Waals surface area contributed by atoms with E-state index in [0.29, 0.717) is 0 Å². The molecule has 0 aliphatic rings. The van der Waals surface area contributed by atoms with Crippen molar-refractivity contribution in [1.82, 2.24) is 0 Å². The van der Waals surface area contributed by atoms with Gasteiger partial charge in [0.25, 0.3) is 5.60 Å². The number of carbonyl (C=O) groups is 3. The number of carboxylic acids is 2. The summed E-state index contributed by atoms with van der Waals surface area (Å²) in [6.07, 6.45) is -2.44. The molecule has 2 unspecified atom stereocenters. The van der Waals surface area contributed by atoms with Crippen LogP contribution in [-0.4, -0.2) is 51.9 Å². The summed E-state index contributed by atoms with van der Waals surface area (Å²) in [7, 11) is 0.835. The zero-order valence-electron chi connectivity index (χ0n) is 7.55. The number of aliphatic hydroxyl groups is 1. The van der Waals surface area contributed by atoms with Crippen molar-refractivity contribution in [2.24, 2.45) is 0 Å². The molecule has 0 aromatic heterocycles. The second kappa shape index (κ2) is 4.16. The fourth-order valence-corrected chi connectivity index (χ4v) is 0.977. The summed E-state index contributed by atoms with van der Waals surface area (Å²) in [5.74, 6) is -4.78. The average Bonchev–Trinajstić information content (AvgIpc) is 2.04. The van der Waals surface area contributed by atoms with Crippen LogP contribution in [0.3, 0.4) is 0 Å². The zero-order chi connectivity index (χ0) is 11.5. The molecule has 0 aromatic carbocycles. The first-order chi connectivity index (χ1) is 6.30. The van der Waals surface area contributed by atoms with E-state index in [0.717, 1.165) is 14.0 Å². The molecule has 0 saturated carbocycles. The van der Waals surface area contributed by atoms with Gasteiger partial charge in [-0.05, 0) is 6.92 Å². The molecule has 80 valence electrons. The molecule has 0 bridgehead atoms. The maximum atomic E-state index is 11.0. The maximum Gasteiger partial charge on any atom is 0.347 e. The van der Waals surface area contributed by atoms with E-state index in [-0.39, 0.29) is 0 Å². The van der Waals surface area contributed by atoms with Crippen LogP contribution in [0.25, 0.3) is 0 Å². The molecule has 0 aromatic rings. The molecule has 0 aliphatic carbocycles. The number of carbonyl (C=O) groups excluding carboxylic acids is 1. The molecule has 0 rings (SSSR count). The number of ether oxygens (including phenoxy) is 1. The Balaban J connectivity index is 5.36. The summed E-state index contributed by atoms with van der Waals surface area (Å²) < 4.78 is 4.30. The van der Waals surface area contributed by atoms with E-state index in [4.69, 9.17) is 15.3 Å². The number of aliphatic carboxylic acids is 2. The fraction of sp³-hybridized carbons (Fsp3) is 0.571. The Morgan fingerprint density at radius 1 is 1.29 bits per heavy atom. The van der Waals surface area contributed by atoms with Crippen molar-refractivity contribution in [1.29, 1.82) is 0 Å². The topological polar surface area (TPSA) is 121 Å². The van der Waals surface area contributed by atoms with Crippen LogP contribution in [0.2, 0.25) is 0 Å². The first-order valence-corrected chi connectivity index (χ1v) is 3.51. The van der Waals surface area contributed by atoms with Crippen molar-refractivity contribution < 1.29 is 34.4 Å². The van der Waals surface area contributed by atoms with Gasteiger partial charge in [0, 0.05) is 7.11 Å². The molecule has 0 spiro atoms. The zero-order valence-corrected chi connectivity index (χ0v) is 7.55. The van der Waals surface area contributed by atoms with Crippen molar-refractivity contribution in [3.63, 3.8) is 0 Å². The van der Waals surface area contributed by atoms with E-state index >= 15 is 0 Å². The Morgan fingerprint density at radius 3 is 1.79 bits per heavy atom. The summed E-state index contributed by atoms with van der Waals surface area (Å²) in [5, 5.41) is 26.1. The molecule has 14 heavy (non-hydrogen) atoms. The van der Waals surface area contributed by atoms with Crippen LogP contribution in [0.4, 0.5) is 0 Å². The minimum absolute atomic E-state index is 0.823. The largest absolute Gasteiger partial charge is 0.479 e. The Kier molecular flexibility index (Phi) is 3.72. The minimum Gasteiger partial charge on any atom is -0.479 e. The number of carboxylic acid groups (broad SMARTS) is 2. The number of Topliss-reactive ketones (excluding diaryl/α,β-unsaturated/α-hetero) is 1. The Hall–Kier alpha value is -1.47. The molecule has 0 radical (unpaired) electrons. The van der Waals surface area contributed by atoms with E-state index < -0.39 is 29.4 Å². The third-order valence-electron chi connectivity index (χ3n) is 1.78. The normalized spacial score (nSPS) is 16.8. The molecule has 7 heteroatoms. The summed E-state index contributed by atoms with van der Waals surface area (Å²) in [6, 6.07) is 0. The molecule has 2 atom stereocenters. The van der Waals surface area contributed by atoms with Crippen molar-refractivity contribution in [2.75, 3.05) is 7.11 Å². The molecular weight excluding hydrogens is 196 g/mol. The standard InChI is InChI=1S/C7H10O7/c1-3(8)7(14-2,6(12)13)4(9)5(10)11/h4,9H,1-2H3,(H,10,11)(H,12,13). The Bertz CT molecular complexity index is 255. The van der Waals surface area contributed by atoms with Gasteiger partial charge in [0.15, 0.2) is 11.9 Å².